The molecule has 0 heterocycles. The quantitative estimate of drug-likeness (QED) is 0.343. The molecule has 2 unspecified atom stereocenters. The molecule has 184 valence electrons. The van der Waals surface area contributed by atoms with E-state index in [2.05, 4.69) is 5.32 Å². The Labute approximate surface area is 218 Å². The molecule has 0 fully saturated rings. The molecule has 3 aromatic carbocycles. The number of amides is 2. The molecule has 0 saturated carbocycles. The molecule has 0 aliphatic rings. The van der Waals surface area contributed by atoms with Crippen LogP contribution in [0.3, 0.4) is 0 Å². The zero-order valence-corrected chi connectivity index (χ0v) is 21.9. The largest absolute Gasteiger partial charge is 0.352 e. The second-order valence-electron chi connectivity index (χ2n) is 8.96. The Morgan fingerprint density at radius 3 is 2.17 bits per heavy atom. The van der Waals surface area contributed by atoms with E-state index in [4.69, 9.17) is 23.2 Å². The van der Waals surface area contributed by atoms with Gasteiger partial charge in [0.05, 0.1) is 16.5 Å². The van der Waals surface area contributed by atoms with Crippen molar-refractivity contribution >= 4 is 35.0 Å². The highest BCUT2D eigenvalue weighted by Crippen LogP contribution is 2.24. The predicted molar refractivity (Wildman–Crippen MR) is 144 cm³/mol. The maximum absolute atomic E-state index is 13.7. The van der Waals surface area contributed by atoms with Crippen molar-refractivity contribution in [2.45, 2.75) is 58.7 Å². The Kier molecular flexibility index (Phi) is 9.76. The van der Waals surface area contributed by atoms with Gasteiger partial charge in [-0.1, -0.05) is 96.4 Å². The van der Waals surface area contributed by atoms with Gasteiger partial charge in [0.15, 0.2) is 0 Å². The van der Waals surface area contributed by atoms with Crippen molar-refractivity contribution in [3.8, 4) is 0 Å². The highest BCUT2D eigenvalue weighted by molar-refractivity contribution is 6.42. The number of carbonyl (C=O) groups excluding carboxylic acids is 2. The first-order chi connectivity index (χ1) is 16.8. The van der Waals surface area contributed by atoms with Gasteiger partial charge in [-0.2, -0.15) is 0 Å². The number of nitrogens with one attached hydrogen (secondary N) is 1. The summed E-state index contributed by atoms with van der Waals surface area (Å²) in [5, 5.41) is 3.93. The first kappa shape index (κ1) is 26.8. The standard InChI is InChI=1S/C29H32Cl2N2O2/c1-4-21(3)32-29(35)27(17-22-8-6-5-7-9-22)33(19-23-12-10-20(2)11-13-23)28(34)18-24-14-15-25(30)26(31)16-24/h5-16,21,27H,4,17-19H2,1-3H3,(H,32,35). The topological polar surface area (TPSA) is 49.4 Å². The highest BCUT2D eigenvalue weighted by Gasteiger charge is 2.31. The highest BCUT2D eigenvalue weighted by atomic mass is 35.5. The van der Waals surface area contributed by atoms with E-state index in [-0.39, 0.29) is 24.3 Å². The number of nitrogens with zero attached hydrogens (tertiary/aromatic N) is 1. The number of halogens is 2. The molecule has 0 bridgehead atoms. The van der Waals surface area contributed by atoms with E-state index in [1.807, 2.05) is 75.4 Å². The summed E-state index contributed by atoms with van der Waals surface area (Å²) in [6.45, 7) is 6.34. The summed E-state index contributed by atoms with van der Waals surface area (Å²) < 4.78 is 0. The maximum atomic E-state index is 13.7. The molecule has 0 aromatic heterocycles. The fourth-order valence-electron chi connectivity index (χ4n) is 3.81. The van der Waals surface area contributed by atoms with Crippen LogP contribution < -0.4 is 5.32 Å². The molecule has 4 nitrogen and oxygen atoms in total. The molecule has 3 rings (SSSR count). The predicted octanol–water partition coefficient (Wildman–Crippen LogP) is 6.40. The van der Waals surface area contributed by atoms with E-state index in [1.54, 1.807) is 23.1 Å². The van der Waals surface area contributed by atoms with E-state index in [0.29, 0.717) is 23.0 Å². The van der Waals surface area contributed by atoms with Crippen LogP contribution in [0.4, 0.5) is 0 Å². The Balaban J connectivity index is 1.97. The van der Waals surface area contributed by atoms with Crippen LogP contribution >= 0.6 is 23.2 Å². The summed E-state index contributed by atoms with van der Waals surface area (Å²) in [5.74, 6) is -0.304. The summed E-state index contributed by atoms with van der Waals surface area (Å²) in [5.41, 5.74) is 3.84. The minimum Gasteiger partial charge on any atom is -0.352 e. The van der Waals surface area contributed by atoms with E-state index < -0.39 is 6.04 Å². The van der Waals surface area contributed by atoms with Crippen molar-refractivity contribution in [2.24, 2.45) is 0 Å². The molecule has 6 heteroatoms. The molecule has 2 amide bonds. The van der Waals surface area contributed by atoms with Gasteiger partial charge in [0.25, 0.3) is 0 Å². The Morgan fingerprint density at radius 1 is 0.886 bits per heavy atom. The van der Waals surface area contributed by atoms with Gasteiger partial charge in [-0.3, -0.25) is 9.59 Å². The van der Waals surface area contributed by atoms with Crippen LogP contribution in [0.1, 0.15) is 42.5 Å². The zero-order chi connectivity index (χ0) is 25.4. The molecule has 0 spiro atoms. The van der Waals surface area contributed by atoms with E-state index in [9.17, 15) is 9.59 Å². The summed E-state index contributed by atoms with van der Waals surface area (Å²) in [4.78, 5) is 28.9. The van der Waals surface area contributed by atoms with Crippen molar-refractivity contribution in [3.05, 3.63) is 105 Å². The van der Waals surface area contributed by atoms with Gasteiger partial charge in [0, 0.05) is 19.0 Å². The normalized spacial score (nSPS) is 12.6. The molecule has 1 N–H and O–H groups in total. The minimum atomic E-state index is -0.664. The lowest BCUT2D eigenvalue weighted by atomic mass is 10.0. The number of carbonyl (C=O) groups is 2. The SMILES string of the molecule is CCC(C)NC(=O)C(Cc1ccccc1)N(Cc1ccc(C)cc1)C(=O)Cc1ccc(Cl)c(Cl)c1. The number of hydrogen-bond donors (Lipinski definition) is 1. The summed E-state index contributed by atoms with van der Waals surface area (Å²) in [6, 6.07) is 22.4. The van der Waals surface area contributed by atoms with Crippen molar-refractivity contribution in [2.75, 3.05) is 0 Å². The molecule has 0 saturated heterocycles. The first-order valence-electron chi connectivity index (χ1n) is 11.9. The van der Waals surface area contributed by atoms with Gasteiger partial charge in [-0.25, -0.2) is 0 Å². The summed E-state index contributed by atoms with van der Waals surface area (Å²) in [7, 11) is 0. The lowest BCUT2D eigenvalue weighted by Crippen LogP contribution is -2.52. The Morgan fingerprint density at radius 2 is 1.54 bits per heavy atom. The molecule has 0 aliphatic heterocycles. The van der Waals surface area contributed by atoms with Crippen molar-refractivity contribution in [1.29, 1.82) is 0 Å². The second kappa shape index (κ2) is 12.8. The smallest absolute Gasteiger partial charge is 0.243 e. The third kappa shape index (κ3) is 7.84. The van der Waals surface area contributed by atoms with Gasteiger partial charge >= 0.3 is 0 Å². The van der Waals surface area contributed by atoms with Crippen LogP contribution in [-0.2, 0) is 29.0 Å². The van der Waals surface area contributed by atoms with Crippen molar-refractivity contribution < 1.29 is 9.59 Å². The van der Waals surface area contributed by atoms with Gasteiger partial charge < -0.3 is 10.2 Å². The van der Waals surface area contributed by atoms with Gasteiger partial charge in [0.2, 0.25) is 11.8 Å². The molecular weight excluding hydrogens is 479 g/mol. The van der Waals surface area contributed by atoms with Gasteiger partial charge in [0.1, 0.15) is 6.04 Å². The van der Waals surface area contributed by atoms with E-state index in [0.717, 1.165) is 28.7 Å². The average molecular weight is 511 g/mol. The third-order valence-corrected chi connectivity index (χ3v) is 6.82. The lowest BCUT2D eigenvalue weighted by molar-refractivity contribution is -0.141. The van der Waals surface area contributed by atoms with Crippen LogP contribution in [0.5, 0.6) is 0 Å². The second-order valence-corrected chi connectivity index (χ2v) is 9.77. The average Bonchev–Trinajstić information content (AvgIpc) is 2.85. The zero-order valence-electron chi connectivity index (χ0n) is 20.4. The van der Waals surface area contributed by atoms with Crippen LogP contribution in [0.25, 0.3) is 0 Å². The Bertz CT molecular complexity index is 1130. The van der Waals surface area contributed by atoms with E-state index in [1.165, 1.54) is 0 Å². The van der Waals surface area contributed by atoms with Crippen molar-refractivity contribution in [3.63, 3.8) is 0 Å². The van der Waals surface area contributed by atoms with Crippen LogP contribution in [0, 0.1) is 6.92 Å². The van der Waals surface area contributed by atoms with Gasteiger partial charge in [-0.05, 0) is 49.1 Å². The number of hydrogen-bond acceptors (Lipinski definition) is 2. The molecule has 0 aliphatic carbocycles. The molecular formula is C29H32Cl2N2O2. The van der Waals surface area contributed by atoms with Crippen LogP contribution in [0.2, 0.25) is 10.0 Å². The number of rotatable bonds is 10. The van der Waals surface area contributed by atoms with Gasteiger partial charge in [-0.15, -0.1) is 0 Å². The van der Waals surface area contributed by atoms with E-state index >= 15 is 0 Å². The molecule has 3 aromatic rings. The summed E-state index contributed by atoms with van der Waals surface area (Å²) in [6.07, 6.45) is 1.34. The number of aryl methyl sites for hydroxylation is 1. The third-order valence-electron chi connectivity index (χ3n) is 6.09. The van der Waals surface area contributed by atoms with Crippen LogP contribution in [-0.4, -0.2) is 28.8 Å². The first-order valence-corrected chi connectivity index (χ1v) is 12.7. The fourth-order valence-corrected chi connectivity index (χ4v) is 4.13. The lowest BCUT2D eigenvalue weighted by Gasteiger charge is -2.32. The van der Waals surface area contributed by atoms with Crippen LogP contribution in [0.15, 0.2) is 72.8 Å². The molecule has 0 radical (unpaired) electrons. The Hall–Kier alpha value is -2.82. The van der Waals surface area contributed by atoms with Crippen molar-refractivity contribution in [1.82, 2.24) is 10.2 Å². The minimum absolute atomic E-state index is 0.00664. The molecule has 35 heavy (non-hydrogen) atoms. The maximum Gasteiger partial charge on any atom is 0.243 e. The monoisotopic (exact) mass is 510 g/mol. The summed E-state index contributed by atoms with van der Waals surface area (Å²) >= 11 is 12.3. The fraction of sp³-hybridized carbons (Fsp3) is 0.310. The number of benzene rings is 3. The molecule has 2 atom stereocenters.